The van der Waals surface area contributed by atoms with Crippen LogP contribution in [0.2, 0.25) is 0 Å². The molecule has 0 aliphatic carbocycles. The van der Waals surface area contributed by atoms with E-state index in [1.807, 2.05) is 78.9 Å². The Bertz CT molecular complexity index is 2460. The first-order chi connectivity index (χ1) is 22.8. The fourth-order valence-electron chi connectivity index (χ4n) is 6.14. The summed E-state index contributed by atoms with van der Waals surface area (Å²) in [6.07, 6.45) is 1.70. The third-order valence-electron chi connectivity index (χ3n) is 8.67. The van der Waals surface area contributed by atoms with E-state index in [4.69, 9.17) is 18.8 Å². The predicted octanol–water partition coefficient (Wildman–Crippen LogP) is 11.5. The first kappa shape index (κ1) is 28.5. The summed E-state index contributed by atoms with van der Waals surface area (Å²) in [4.78, 5) is 9.92. The van der Waals surface area contributed by atoms with Crippen LogP contribution in [-0.4, -0.2) is 16.3 Å². The molecule has 0 fully saturated rings. The summed E-state index contributed by atoms with van der Waals surface area (Å²) in [7, 11) is 0. The average Bonchev–Trinajstić information content (AvgIpc) is 3.69. The minimum absolute atomic E-state index is 0.0601. The molecule has 47 heavy (non-hydrogen) atoms. The van der Waals surface area contributed by atoms with Crippen LogP contribution in [0.5, 0.6) is 5.75 Å². The summed E-state index contributed by atoms with van der Waals surface area (Å²) in [6.45, 7) is 6.44. The standard InChI is InChI=1S/C42H32N2O3/c1-42(2,3)29-20-21-36(45)28(22-29)25-43-35-18-9-7-15-33(35)41-44-39-34(23-27(24-38(39)47-41)26-12-5-4-6-13-26)32-17-11-16-31-30-14-8-10-19-37(30)46-40(31)32/h4-25,45H,1-3H3. The zero-order valence-electron chi connectivity index (χ0n) is 26.4. The van der Waals surface area contributed by atoms with Gasteiger partial charge in [-0.2, -0.15) is 0 Å². The molecule has 0 unspecified atom stereocenters. The van der Waals surface area contributed by atoms with Crippen molar-refractivity contribution in [3.8, 4) is 39.5 Å². The van der Waals surface area contributed by atoms with Crippen LogP contribution in [0.3, 0.4) is 0 Å². The molecule has 0 aliphatic heterocycles. The maximum absolute atomic E-state index is 10.6. The van der Waals surface area contributed by atoms with Crippen molar-refractivity contribution in [3.63, 3.8) is 0 Å². The van der Waals surface area contributed by atoms with E-state index < -0.39 is 0 Å². The number of benzene rings is 6. The number of nitrogens with zero attached hydrogens (tertiary/aromatic N) is 2. The molecule has 5 heteroatoms. The summed E-state index contributed by atoms with van der Waals surface area (Å²) >= 11 is 0. The Morgan fingerprint density at radius 1 is 0.638 bits per heavy atom. The molecule has 5 nitrogen and oxygen atoms in total. The maximum atomic E-state index is 10.6. The van der Waals surface area contributed by atoms with Gasteiger partial charge < -0.3 is 13.9 Å². The number of hydrogen-bond acceptors (Lipinski definition) is 5. The molecule has 6 aromatic carbocycles. The number of rotatable bonds is 5. The molecule has 1 N–H and O–H groups in total. The summed E-state index contributed by atoms with van der Waals surface area (Å²) in [5, 5.41) is 12.7. The van der Waals surface area contributed by atoms with Crippen LogP contribution in [0.1, 0.15) is 31.9 Å². The molecule has 8 rings (SSSR count). The Morgan fingerprint density at radius 2 is 1.38 bits per heavy atom. The van der Waals surface area contributed by atoms with Crippen molar-refractivity contribution in [2.45, 2.75) is 26.2 Å². The Hall–Kier alpha value is -5.94. The van der Waals surface area contributed by atoms with Crippen LogP contribution in [0.4, 0.5) is 5.69 Å². The summed E-state index contributed by atoms with van der Waals surface area (Å²) in [5.74, 6) is 0.641. The first-order valence-electron chi connectivity index (χ1n) is 15.7. The number of fused-ring (bicyclic) bond motifs is 4. The van der Waals surface area contributed by atoms with Crippen LogP contribution < -0.4 is 0 Å². The number of aromatic nitrogens is 1. The van der Waals surface area contributed by atoms with Crippen molar-refractivity contribution in [1.29, 1.82) is 0 Å². The second-order valence-corrected chi connectivity index (χ2v) is 12.8. The molecular weight excluding hydrogens is 580 g/mol. The van der Waals surface area contributed by atoms with Crippen LogP contribution >= 0.6 is 0 Å². The monoisotopic (exact) mass is 612 g/mol. The molecule has 8 aromatic rings. The average molecular weight is 613 g/mol. The van der Waals surface area contributed by atoms with Crippen molar-refractivity contribution >= 4 is 44.9 Å². The molecule has 2 heterocycles. The van der Waals surface area contributed by atoms with E-state index in [0.29, 0.717) is 22.7 Å². The highest BCUT2D eigenvalue weighted by atomic mass is 16.3. The van der Waals surface area contributed by atoms with E-state index in [2.05, 4.69) is 63.2 Å². The second kappa shape index (κ2) is 11.1. The van der Waals surface area contributed by atoms with Gasteiger partial charge >= 0.3 is 0 Å². The number of aliphatic imine (C=N–C) groups is 1. The molecular formula is C42H32N2O3. The largest absolute Gasteiger partial charge is 0.507 e. The highest BCUT2D eigenvalue weighted by Gasteiger charge is 2.21. The number of oxazole rings is 1. The van der Waals surface area contributed by atoms with Gasteiger partial charge in [0.1, 0.15) is 22.4 Å². The highest BCUT2D eigenvalue weighted by Crippen LogP contribution is 2.42. The van der Waals surface area contributed by atoms with Crippen molar-refractivity contribution < 1.29 is 13.9 Å². The van der Waals surface area contributed by atoms with Crippen LogP contribution in [0.15, 0.2) is 141 Å². The molecule has 0 spiro atoms. The maximum Gasteiger partial charge on any atom is 0.229 e. The second-order valence-electron chi connectivity index (χ2n) is 12.8. The van der Waals surface area contributed by atoms with Gasteiger partial charge in [0, 0.05) is 33.7 Å². The van der Waals surface area contributed by atoms with E-state index in [-0.39, 0.29) is 11.2 Å². The SMILES string of the molecule is CC(C)(C)c1ccc(O)c(C=Nc2ccccc2-c2nc3c(-c4cccc5c4oc4ccccc45)cc(-c4ccccc4)cc3o2)c1. The Kier molecular flexibility index (Phi) is 6.76. The third-order valence-corrected chi connectivity index (χ3v) is 8.67. The fourth-order valence-corrected chi connectivity index (χ4v) is 6.14. The van der Waals surface area contributed by atoms with Gasteiger partial charge in [-0.15, -0.1) is 0 Å². The minimum atomic E-state index is -0.0601. The Labute approximate surface area is 272 Å². The molecule has 0 bridgehead atoms. The predicted molar refractivity (Wildman–Crippen MR) is 192 cm³/mol. The van der Waals surface area contributed by atoms with E-state index in [0.717, 1.165) is 60.8 Å². The van der Waals surface area contributed by atoms with Crippen molar-refractivity contribution in [2.24, 2.45) is 4.99 Å². The molecule has 0 saturated carbocycles. The van der Waals surface area contributed by atoms with Gasteiger partial charge in [0.15, 0.2) is 5.58 Å². The van der Waals surface area contributed by atoms with Crippen LogP contribution in [0, 0.1) is 0 Å². The van der Waals surface area contributed by atoms with Gasteiger partial charge in [0.2, 0.25) is 5.89 Å². The van der Waals surface area contributed by atoms with Crippen LogP contribution in [-0.2, 0) is 5.41 Å². The van der Waals surface area contributed by atoms with E-state index in [1.54, 1.807) is 12.3 Å². The van der Waals surface area contributed by atoms with Crippen molar-refractivity contribution in [3.05, 3.63) is 139 Å². The zero-order valence-corrected chi connectivity index (χ0v) is 26.4. The molecule has 0 aliphatic rings. The van der Waals surface area contributed by atoms with Gasteiger partial charge in [0.25, 0.3) is 0 Å². The number of para-hydroxylation sites is 3. The number of phenolic OH excluding ortho intramolecular Hbond substituents is 1. The number of phenols is 1. The van der Waals surface area contributed by atoms with Gasteiger partial charge in [-0.25, -0.2) is 4.98 Å². The lowest BCUT2D eigenvalue weighted by Gasteiger charge is -2.19. The van der Waals surface area contributed by atoms with Crippen LogP contribution in [0.25, 0.3) is 66.7 Å². The molecule has 0 saturated heterocycles. The highest BCUT2D eigenvalue weighted by molar-refractivity contribution is 6.12. The lowest BCUT2D eigenvalue weighted by molar-refractivity contribution is 0.473. The molecule has 2 aromatic heterocycles. The van der Waals surface area contributed by atoms with Gasteiger partial charge in [-0.1, -0.05) is 106 Å². The summed E-state index contributed by atoms with van der Waals surface area (Å²) in [6, 6.07) is 42.3. The van der Waals surface area contributed by atoms with E-state index >= 15 is 0 Å². The number of aromatic hydroxyl groups is 1. The lowest BCUT2D eigenvalue weighted by atomic mass is 9.86. The zero-order chi connectivity index (χ0) is 32.1. The fraction of sp³-hybridized carbons (Fsp3) is 0.0952. The third kappa shape index (κ3) is 5.16. The quantitative estimate of drug-likeness (QED) is 0.196. The first-order valence-corrected chi connectivity index (χ1v) is 15.7. The molecule has 0 radical (unpaired) electrons. The number of furan rings is 1. The lowest BCUT2D eigenvalue weighted by Crippen LogP contribution is -2.11. The summed E-state index contributed by atoms with van der Waals surface area (Å²) < 4.78 is 13.0. The van der Waals surface area contributed by atoms with Gasteiger partial charge in [-0.05, 0) is 64.6 Å². The van der Waals surface area contributed by atoms with E-state index in [9.17, 15) is 5.11 Å². The minimum Gasteiger partial charge on any atom is -0.507 e. The summed E-state index contributed by atoms with van der Waals surface area (Å²) in [5.41, 5.74) is 10.2. The molecule has 0 amide bonds. The molecule has 228 valence electrons. The van der Waals surface area contributed by atoms with E-state index in [1.165, 1.54) is 0 Å². The Morgan fingerprint density at radius 3 is 2.23 bits per heavy atom. The van der Waals surface area contributed by atoms with Gasteiger partial charge in [0.05, 0.1) is 11.3 Å². The normalized spacial score (nSPS) is 12.1. The van der Waals surface area contributed by atoms with Crippen molar-refractivity contribution in [2.75, 3.05) is 0 Å². The van der Waals surface area contributed by atoms with Crippen molar-refractivity contribution in [1.82, 2.24) is 4.98 Å². The Balaban J connectivity index is 1.30. The topological polar surface area (TPSA) is 71.8 Å². The molecule has 0 atom stereocenters. The smallest absolute Gasteiger partial charge is 0.229 e. The van der Waals surface area contributed by atoms with Gasteiger partial charge in [-0.3, -0.25) is 4.99 Å². The number of hydrogen-bond donors (Lipinski definition) is 1.